The molecular weight excluding hydrogens is 535 g/mol. The molecule has 41 heavy (non-hydrogen) atoms. The fourth-order valence-corrected chi connectivity index (χ4v) is 6.00. The van der Waals surface area contributed by atoms with Crippen molar-refractivity contribution in [1.29, 1.82) is 0 Å². The summed E-state index contributed by atoms with van der Waals surface area (Å²) in [6.45, 7) is 4.02. The number of esters is 1. The van der Waals surface area contributed by atoms with Crippen LogP contribution >= 0.6 is 0 Å². The van der Waals surface area contributed by atoms with Crippen LogP contribution in [-0.4, -0.2) is 24.8 Å². The highest BCUT2D eigenvalue weighted by molar-refractivity contribution is 5.77. The van der Waals surface area contributed by atoms with Gasteiger partial charge in [-0.1, -0.05) is 41.6 Å². The van der Waals surface area contributed by atoms with Gasteiger partial charge >= 0.3 is 12.1 Å². The zero-order chi connectivity index (χ0) is 28.9. The number of carbonyl (C=O) groups is 1. The maximum atomic E-state index is 14.2. The standard InChI is InChI=1S/C32H28F3NO5/c1-17-30(18(2)41-36-17)19-4-6-20(7-5-19)31-25-11-13-27(24(25)10-12-26(31)32(33,34)35)40-22-8-9-23-21(14-29(37)38-3)16-39-28(23)15-22/h4-10,12,15,21,27H,11,13-14,16H2,1-3H3/t21?,27-/m1/s1. The van der Waals surface area contributed by atoms with Crippen LogP contribution in [0.15, 0.2) is 59.1 Å². The highest BCUT2D eigenvalue weighted by atomic mass is 19.4. The van der Waals surface area contributed by atoms with Crippen molar-refractivity contribution in [2.45, 2.75) is 51.3 Å². The van der Waals surface area contributed by atoms with Crippen molar-refractivity contribution in [1.82, 2.24) is 5.16 Å². The molecule has 0 saturated heterocycles. The molecule has 2 heterocycles. The Morgan fingerprint density at radius 3 is 2.37 bits per heavy atom. The van der Waals surface area contributed by atoms with Crippen molar-refractivity contribution in [3.8, 4) is 33.8 Å². The second-order valence-electron chi connectivity index (χ2n) is 10.5. The Hall–Kier alpha value is -4.27. The van der Waals surface area contributed by atoms with Crippen LogP contribution in [0.4, 0.5) is 13.2 Å². The summed E-state index contributed by atoms with van der Waals surface area (Å²) in [5.74, 6) is 1.46. The smallest absolute Gasteiger partial charge is 0.417 e. The van der Waals surface area contributed by atoms with E-state index >= 15 is 0 Å². The number of ether oxygens (including phenoxy) is 3. The Morgan fingerprint density at radius 2 is 1.71 bits per heavy atom. The van der Waals surface area contributed by atoms with E-state index < -0.39 is 17.8 Å². The molecule has 0 amide bonds. The molecule has 0 saturated carbocycles. The van der Waals surface area contributed by atoms with Crippen molar-refractivity contribution in [2.75, 3.05) is 13.7 Å². The van der Waals surface area contributed by atoms with Crippen LogP contribution in [-0.2, 0) is 22.1 Å². The predicted molar refractivity (Wildman–Crippen MR) is 145 cm³/mol. The van der Waals surface area contributed by atoms with Crippen LogP contribution in [0.3, 0.4) is 0 Å². The highest BCUT2D eigenvalue weighted by Crippen LogP contribution is 2.47. The molecule has 2 atom stereocenters. The molecule has 9 heteroatoms. The van der Waals surface area contributed by atoms with E-state index in [9.17, 15) is 18.0 Å². The quantitative estimate of drug-likeness (QED) is 0.224. The van der Waals surface area contributed by atoms with Crippen LogP contribution in [0, 0.1) is 13.8 Å². The molecule has 0 fully saturated rings. The van der Waals surface area contributed by atoms with E-state index in [2.05, 4.69) is 5.16 Å². The van der Waals surface area contributed by atoms with E-state index in [4.69, 9.17) is 18.7 Å². The van der Waals surface area contributed by atoms with Crippen LogP contribution < -0.4 is 9.47 Å². The zero-order valence-electron chi connectivity index (χ0n) is 22.8. The summed E-state index contributed by atoms with van der Waals surface area (Å²) in [4.78, 5) is 11.7. The summed E-state index contributed by atoms with van der Waals surface area (Å²) in [5, 5.41) is 3.98. The Labute approximate surface area is 235 Å². The number of rotatable bonds is 6. The Kier molecular flexibility index (Phi) is 6.76. The molecule has 1 aromatic heterocycles. The van der Waals surface area contributed by atoms with Gasteiger partial charge in [-0.15, -0.1) is 0 Å². The van der Waals surface area contributed by atoms with Crippen molar-refractivity contribution in [3.05, 3.63) is 88.3 Å². The Balaban J connectivity index is 1.31. The van der Waals surface area contributed by atoms with Crippen LogP contribution in [0.5, 0.6) is 11.5 Å². The van der Waals surface area contributed by atoms with Gasteiger partial charge in [0, 0.05) is 23.1 Å². The molecular formula is C32H28F3NO5. The van der Waals surface area contributed by atoms with Gasteiger partial charge in [-0.05, 0) is 66.6 Å². The number of benzene rings is 3. The number of methoxy groups -OCH3 is 1. The maximum absolute atomic E-state index is 14.2. The average Bonchev–Trinajstić information content (AvgIpc) is 3.64. The summed E-state index contributed by atoms with van der Waals surface area (Å²) >= 11 is 0. The molecule has 0 bridgehead atoms. The van der Waals surface area contributed by atoms with E-state index in [-0.39, 0.29) is 23.9 Å². The van der Waals surface area contributed by atoms with Gasteiger partial charge in [0.25, 0.3) is 0 Å². The number of hydrogen-bond acceptors (Lipinski definition) is 6. The van der Waals surface area contributed by atoms with E-state index in [1.165, 1.54) is 13.2 Å². The summed E-state index contributed by atoms with van der Waals surface area (Å²) in [6.07, 6.45) is -3.69. The summed E-state index contributed by atoms with van der Waals surface area (Å²) in [5.41, 5.74) is 4.72. The molecule has 1 aliphatic heterocycles. The molecule has 6 nitrogen and oxygen atoms in total. The minimum absolute atomic E-state index is 0.0916. The molecule has 3 aromatic carbocycles. The minimum Gasteiger partial charge on any atom is -0.492 e. The van der Waals surface area contributed by atoms with Gasteiger partial charge in [-0.3, -0.25) is 4.79 Å². The first kappa shape index (κ1) is 26.9. The van der Waals surface area contributed by atoms with Gasteiger partial charge in [-0.2, -0.15) is 13.2 Å². The third-order valence-electron chi connectivity index (χ3n) is 7.94. The number of halogens is 3. The van der Waals surface area contributed by atoms with Crippen molar-refractivity contribution in [3.63, 3.8) is 0 Å². The lowest BCUT2D eigenvalue weighted by molar-refractivity contribution is -0.141. The normalized spacial score (nSPS) is 17.6. The number of aryl methyl sites for hydroxylation is 2. The Bertz CT molecular complexity index is 1600. The highest BCUT2D eigenvalue weighted by Gasteiger charge is 2.38. The molecule has 1 unspecified atom stereocenters. The number of aromatic nitrogens is 1. The molecule has 4 aromatic rings. The summed E-state index contributed by atoms with van der Waals surface area (Å²) < 4.78 is 64.8. The van der Waals surface area contributed by atoms with E-state index in [1.54, 1.807) is 18.2 Å². The number of nitrogens with zero attached hydrogens (tertiary/aromatic N) is 1. The first-order valence-corrected chi connectivity index (χ1v) is 13.4. The molecule has 1 aliphatic carbocycles. The fourth-order valence-electron chi connectivity index (χ4n) is 6.00. The van der Waals surface area contributed by atoms with Crippen molar-refractivity contribution in [2.24, 2.45) is 0 Å². The molecule has 0 N–H and O–H groups in total. The predicted octanol–water partition coefficient (Wildman–Crippen LogP) is 7.75. The topological polar surface area (TPSA) is 70.8 Å². The monoisotopic (exact) mass is 563 g/mol. The van der Waals surface area contributed by atoms with Crippen molar-refractivity contribution >= 4 is 5.97 Å². The molecule has 0 radical (unpaired) electrons. The van der Waals surface area contributed by atoms with Gasteiger partial charge in [0.1, 0.15) is 23.4 Å². The lowest BCUT2D eigenvalue weighted by Gasteiger charge is -2.20. The number of fused-ring (bicyclic) bond motifs is 2. The molecule has 2 aliphatic rings. The minimum atomic E-state index is -4.51. The third-order valence-corrected chi connectivity index (χ3v) is 7.94. The number of hydrogen-bond donors (Lipinski definition) is 0. The van der Waals surface area contributed by atoms with Gasteiger partial charge in [0.15, 0.2) is 0 Å². The number of alkyl halides is 3. The average molecular weight is 564 g/mol. The van der Waals surface area contributed by atoms with E-state index in [1.807, 2.05) is 38.1 Å². The van der Waals surface area contributed by atoms with Crippen LogP contribution in [0.2, 0.25) is 0 Å². The van der Waals surface area contributed by atoms with Crippen LogP contribution in [0.1, 0.15) is 58.6 Å². The summed E-state index contributed by atoms with van der Waals surface area (Å²) in [6, 6.07) is 15.2. The van der Waals surface area contributed by atoms with Gasteiger partial charge in [-0.25, -0.2) is 0 Å². The van der Waals surface area contributed by atoms with Gasteiger partial charge in [0.2, 0.25) is 0 Å². The zero-order valence-corrected chi connectivity index (χ0v) is 22.8. The largest absolute Gasteiger partial charge is 0.492 e. The Morgan fingerprint density at radius 1 is 1.00 bits per heavy atom. The first-order valence-electron chi connectivity index (χ1n) is 13.4. The molecule has 212 valence electrons. The maximum Gasteiger partial charge on any atom is 0.417 e. The first-order chi connectivity index (χ1) is 19.6. The SMILES string of the molecule is COC(=O)CC1COc2cc(O[C@@H]3CCc4c3ccc(C(F)(F)F)c4-c3ccc(-c4c(C)noc4C)cc3)ccc21. The van der Waals surface area contributed by atoms with E-state index in [0.717, 1.165) is 34.0 Å². The van der Waals surface area contributed by atoms with Crippen molar-refractivity contribution < 1.29 is 36.7 Å². The fraction of sp³-hybridized carbons (Fsp3) is 0.312. The lowest BCUT2D eigenvalue weighted by Crippen LogP contribution is -2.10. The van der Waals surface area contributed by atoms with Crippen LogP contribution in [0.25, 0.3) is 22.3 Å². The third kappa shape index (κ3) is 4.94. The van der Waals surface area contributed by atoms with Gasteiger partial charge < -0.3 is 18.7 Å². The van der Waals surface area contributed by atoms with Gasteiger partial charge in [0.05, 0.1) is 31.4 Å². The lowest BCUT2D eigenvalue weighted by atomic mass is 9.90. The summed E-state index contributed by atoms with van der Waals surface area (Å²) in [7, 11) is 1.36. The molecule has 6 rings (SSSR count). The second-order valence-corrected chi connectivity index (χ2v) is 10.5. The number of carbonyl (C=O) groups excluding carboxylic acids is 1. The van der Waals surface area contributed by atoms with E-state index in [0.29, 0.717) is 47.8 Å². The second kappa shape index (κ2) is 10.3. The molecule has 0 spiro atoms.